The third-order valence-electron chi connectivity index (χ3n) is 4.51. The van der Waals surface area contributed by atoms with Crippen molar-refractivity contribution in [2.24, 2.45) is 5.92 Å². The second kappa shape index (κ2) is 6.44. The first kappa shape index (κ1) is 16.2. The number of benzene rings is 1. The molecule has 0 spiro atoms. The van der Waals surface area contributed by atoms with E-state index in [1.807, 2.05) is 26.0 Å². The van der Waals surface area contributed by atoms with Gasteiger partial charge >= 0.3 is 0 Å². The van der Waals surface area contributed by atoms with E-state index in [-0.39, 0.29) is 18.6 Å². The average Bonchev–Trinajstić information content (AvgIpc) is 2.86. The van der Waals surface area contributed by atoms with Crippen LogP contribution in [0.1, 0.15) is 18.9 Å². The van der Waals surface area contributed by atoms with Gasteiger partial charge in [-0.2, -0.15) is 0 Å². The second-order valence-corrected chi connectivity index (χ2v) is 5.99. The third-order valence-corrected chi connectivity index (χ3v) is 4.51. The van der Waals surface area contributed by atoms with Crippen LogP contribution in [0.5, 0.6) is 5.88 Å². The summed E-state index contributed by atoms with van der Waals surface area (Å²) in [6.07, 6.45) is 0.695. The van der Waals surface area contributed by atoms with Crippen LogP contribution in [0.4, 0.5) is 10.1 Å². The van der Waals surface area contributed by atoms with Crippen LogP contribution in [0.25, 0.3) is 15.6 Å². The normalized spacial score (nSPS) is 23.1. The number of nitrogens with one attached hydrogen (secondary N) is 1. The quantitative estimate of drug-likeness (QED) is 0.876. The van der Waals surface area contributed by atoms with Gasteiger partial charge in [-0.05, 0) is 36.4 Å². The predicted octanol–water partition coefficient (Wildman–Crippen LogP) is 3.34. The zero-order valence-corrected chi connectivity index (χ0v) is 13.5. The van der Waals surface area contributed by atoms with Crippen molar-refractivity contribution in [1.29, 1.82) is 0 Å². The summed E-state index contributed by atoms with van der Waals surface area (Å²) in [7, 11) is 0. The molecule has 6 heteroatoms. The molecule has 0 unspecified atom stereocenters. The molecular weight excluding hydrogens is 309 g/mol. The van der Waals surface area contributed by atoms with Crippen LogP contribution in [0.2, 0.25) is 0 Å². The lowest BCUT2D eigenvalue weighted by Crippen LogP contribution is -2.34. The fraction of sp³-hybridized carbons (Fsp3) is 0.389. The van der Waals surface area contributed by atoms with Gasteiger partial charge in [0.25, 0.3) is 5.91 Å². The van der Waals surface area contributed by atoms with E-state index in [2.05, 4.69) is 15.1 Å². The molecule has 1 N–H and O–H groups in total. The molecule has 24 heavy (non-hydrogen) atoms. The summed E-state index contributed by atoms with van der Waals surface area (Å²) in [4.78, 5) is 19.3. The van der Waals surface area contributed by atoms with Gasteiger partial charge < -0.3 is 10.1 Å². The van der Waals surface area contributed by atoms with Crippen LogP contribution in [0, 0.1) is 19.4 Å². The zero-order valence-electron chi connectivity index (χ0n) is 13.5. The van der Waals surface area contributed by atoms with E-state index in [0.29, 0.717) is 18.0 Å². The number of nitrogens with zero attached hydrogens (tertiary/aromatic N) is 2. The number of halogens is 1. The SMILES string of the molecule is [C-]#[N+]c1cc2ccnc(OC[C@H]3NC(=O)[C@@H](F)[C@H]3CC)c2cc1C. The first-order valence-corrected chi connectivity index (χ1v) is 7.89. The molecule has 0 saturated carbocycles. The summed E-state index contributed by atoms with van der Waals surface area (Å²) in [6.45, 7) is 11.1. The molecule has 1 saturated heterocycles. The molecular formula is C18H18FN3O2. The molecule has 0 aliphatic carbocycles. The predicted molar refractivity (Wildman–Crippen MR) is 88.8 cm³/mol. The van der Waals surface area contributed by atoms with Gasteiger partial charge in [0, 0.05) is 17.5 Å². The van der Waals surface area contributed by atoms with Crippen molar-refractivity contribution in [2.45, 2.75) is 32.5 Å². The maximum atomic E-state index is 13.8. The number of alkyl halides is 1. The highest BCUT2D eigenvalue weighted by molar-refractivity contribution is 5.91. The van der Waals surface area contributed by atoms with Gasteiger partial charge in [-0.3, -0.25) is 4.79 Å². The summed E-state index contributed by atoms with van der Waals surface area (Å²) in [6, 6.07) is 5.13. The number of hydrogen-bond donors (Lipinski definition) is 1. The van der Waals surface area contributed by atoms with Gasteiger partial charge in [-0.15, -0.1) is 0 Å². The number of aromatic nitrogens is 1. The summed E-state index contributed by atoms with van der Waals surface area (Å²) in [5.74, 6) is -0.527. The molecule has 1 amide bonds. The number of fused-ring (bicyclic) bond motifs is 1. The third kappa shape index (κ3) is 2.78. The van der Waals surface area contributed by atoms with Crippen LogP contribution in [-0.4, -0.2) is 29.7 Å². The van der Waals surface area contributed by atoms with E-state index in [0.717, 1.165) is 16.3 Å². The fourth-order valence-corrected chi connectivity index (χ4v) is 3.12. The monoisotopic (exact) mass is 327 g/mol. The number of ether oxygens (including phenoxy) is 1. The first-order chi connectivity index (χ1) is 11.5. The van der Waals surface area contributed by atoms with Gasteiger partial charge in [0.2, 0.25) is 5.88 Å². The highest BCUT2D eigenvalue weighted by atomic mass is 19.1. The molecule has 1 aromatic carbocycles. The Morgan fingerprint density at radius 3 is 2.96 bits per heavy atom. The van der Waals surface area contributed by atoms with E-state index in [1.165, 1.54) is 0 Å². The summed E-state index contributed by atoms with van der Waals surface area (Å²) < 4.78 is 19.6. The lowest BCUT2D eigenvalue weighted by atomic mass is 9.97. The second-order valence-electron chi connectivity index (χ2n) is 5.99. The van der Waals surface area contributed by atoms with Crippen LogP contribution in [0.3, 0.4) is 0 Å². The molecule has 2 heterocycles. The van der Waals surface area contributed by atoms with Crippen molar-refractivity contribution in [2.75, 3.05) is 6.61 Å². The Bertz CT molecular complexity index is 831. The number of carbonyl (C=O) groups excluding carboxylic acids is 1. The van der Waals surface area contributed by atoms with Gasteiger partial charge in [0.05, 0.1) is 12.6 Å². The van der Waals surface area contributed by atoms with Gasteiger partial charge in [0.15, 0.2) is 11.9 Å². The van der Waals surface area contributed by atoms with Crippen molar-refractivity contribution in [1.82, 2.24) is 10.3 Å². The number of pyridine rings is 1. The Kier molecular flexibility index (Phi) is 4.34. The highest BCUT2D eigenvalue weighted by Crippen LogP contribution is 2.31. The molecule has 124 valence electrons. The molecule has 1 aliphatic rings. The van der Waals surface area contributed by atoms with E-state index in [1.54, 1.807) is 12.3 Å². The van der Waals surface area contributed by atoms with Crippen LogP contribution in [-0.2, 0) is 4.79 Å². The molecule has 1 aliphatic heterocycles. The van der Waals surface area contributed by atoms with E-state index < -0.39 is 12.1 Å². The first-order valence-electron chi connectivity index (χ1n) is 7.89. The molecule has 0 radical (unpaired) electrons. The fourth-order valence-electron chi connectivity index (χ4n) is 3.12. The topological polar surface area (TPSA) is 55.6 Å². The van der Waals surface area contributed by atoms with Crippen molar-refractivity contribution in [3.63, 3.8) is 0 Å². The standard InChI is InChI=1S/C18H18FN3O2/c1-4-12-15(22-17(23)16(12)19)9-24-18-13-7-10(2)14(20-3)8-11(13)5-6-21-18/h5-8,12,15-16H,4,9H2,1-2H3,(H,22,23)/t12-,15+,16-/m0/s1. The lowest BCUT2D eigenvalue weighted by molar-refractivity contribution is -0.123. The largest absolute Gasteiger partial charge is 0.475 e. The van der Waals surface area contributed by atoms with E-state index >= 15 is 0 Å². The number of hydrogen-bond acceptors (Lipinski definition) is 3. The highest BCUT2D eigenvalue weighted by Gasteiger charge is 2.41. The Morgan fingerprint density at radius 1 is 1.46 bits per heavy atom. The van der Waals surface area contributed by atoms with E-state index in [9.17, 15) is 9.18 Å². The van der Waals surface area contributed by atoms with Crippen LogP contribution < -0.4 is 10.1 Å². The van der Waals surface area contributed by atoms with Gasteiger partial charge in [0.1, 0.15) is 6.61 Å². The number of rotatable bonds is 4. The average molecular weight is 327 g/mol. The summed E-state index contributed by atoms with van der Waals surface area (Å²) >= 11 is 0. The van der Waals surface area contributed by atoms with Gasteiger partial charge in [-0.1, -0.05) is 13.0 Å². The summed E-state index contributed by atoms with van der Waals surface area (Å²) in [5, 5.41) is 4.31. The smallest absolute Gasteiger partial charge is 0.255 e. The Balaban J connectivity index is 1.85. The van der Waals surface area contributed by atoms with Crippen molar-refractivity contribution >= 4 is 22.4 Å². The van der Waals surface area contributed by atoms with Crippen LogP contribution in [0.15, 0.2) is 24.4 Å². The van der Waals surface area contributed by atoms with Gasteiger partial charge in [-0.25, -0.2) is 14.2 Å². The lowest BCUT2D eigenvalue weighted by Gasteiger charge is -2.18. The molecule has 3 rings (SSSR count). The van der Waals surface area contributed by atoms with Crippen molar-refractivity contribution in [3.05, 3.63) is 41.4 Å². The molecule has 1 aromatic heterocycles. The molecule has 0 bridgehead atoms. The van der Waals surface area contributed by atoms with E-state index in [4.69, 9.17) is 11.3 Å². The minimum atomic E-state index is -1.48. The zero-order chi connectivity index (χ0) is 17.3. The maximum Gasteiger partial charge on any atom is 0.255 e. The maximum absolute atomic E-state index is 13.8. The number of aryl methyl sites for hydroxylation is 1. The Morgan fingerprint density at radius 2 is 2.25 bits per heavy atom. The molecule has 1 fully saturated rings. The minimum absolute atomic E-state index is 0.167. The number of carbonyl (C=O) groups is 1. The van der Waals surface area contributed by atoms with Crippen LogP contribution >= 0.6 is 0 Å². The Hall–Kier alpha value is -2.68. The molecule has 3 atom stereocenters. The summed E-state index contributed by atoms with van der Waals surface area (Å²) in [5.41, 5.74) is 1.44. The molecule has 2 aromatic rings. The van der Waals surface area contributed by atoms with Crippen molar-refractivity contribution < 1.29 is 13.9 Å². The van der Waals surface area contributed by atoms with Crippen molar-refractivity contribution in [3.8, 4) is 5.88 Å². The number of amides is 1. The molecule has 5 nitrogen and oxygen atoms in total. The Labute approximate surface area is 139 Å². The minimum Gasteiger partial charge on any atom is -0.475 e.